The van der Waals surface area contributed by atoms with Crippen LogP contribution in [-0.4, -0.2) is 24.9 Å². The molecule has 2 heterocycles. The summed E-state index contributed by atoms with van der Waals surface area (Å²) in [4.78, 5) is 3.74. The molecule has 21 heavy (non-hydrogen) atoms. The van der Waals surface area contributed by atoms with Crippen molar-refractivity contribution in [3.63, 3.8) is 0 Å². The topological polar surface area (TPSA) is 38.5 Å². The molecule has 0 aliphatic carbocycles. The predicted molar refractivity (Wildman–Crippen MR) is 88.4 cm³/mol. The third-order valence-corrected chi connectivity index (χ3v) is 5.12. The lowest BCUT2D eigenvalue weighted by atomic mass is 10.1. The molecule has 108 valence electrons. The minimum absolute atomic E-state index is 0.236. The molecule has 2 aliphatic rings. The first-order chi connectivity index (χ1) is 10.3. The van der Waals surface area contributed by atoms with E-state index >= 15 is 0 Å². The number of para-hydroxylation sites is 1. The molecule has 2 N–H and O–H groups in total. The van der Waals surface area contributed by atoms with Gasteiger partial charge in [-0.1, -0.05) is 18.2 Å². The first-order valence-corrected chi connectivity index (χ1v) is 8.30. The largest absolute Gasteiger partial charge is 0.488 e. The number of fused-ring (bicyclic) bond motifs is 2. The molecule has 3 nitrogen and oxygen atoms in total. The van der Waals surface area contributed by atoms with Gasteiger partial charge in [-0.15, -0.1) is 11.8 Å². The molecule has 0 saturated heterocycles. The van der Waals surface area contributed by atoms with E-state index in [0.29, 0.717) is 0 Å². The van der Waals surface area contributed by atoms with Gasteiger partial charge >= 0.3 is 0 Å². The van der Waals surface area contributed by atoms with Crippen molar-refractivity contribution < 1.29 is 4.74 Å². The molecular weight excluding hydrogens is 280 g/mol. The van der Waals surface area contributed by atoms with Crippen molar-refractivity contribution in [2.24, 2.45) is 0 Å². The van der Waals surface area contributed by atoms with Crippen LogP contribution in [0.4, 0.5) is 11.4 Å². The Hall–Kier alpha value is -1.81. The smallest absolute Gasteiger partial charge is 0.123 e. The number of benzene rings is 2. The quantitative estimate of drug-likeness (QED) is 0.864. The summed E-state index contributed by atoms with van der Waals surface area (Å²) in [6.45, 7) is 1.98. The number of hydrogen-bond acceptors (Lipinski definition) is 4. The molecule has 1 unspecified atom stereocenters. The average Bonchev–Trinajstić information content (AvgIpc) is 2.90. The van der Waals surface area contributed by atoms with Gasteiger partial charge in [-0.05, 0) is 29.8 Å². The number of thioether (sulfide) groups is 1. The minimum Gasteiger partial charge on any atom is -0.488 e. The lowest BCUT2D eigenvalue weighted by molar-refractivity contribution is 0.237. The Labute approximate surface area is 129 Å². The minimum atomic E-state index is 0.236. The van der Waals surface area contributed by atoms with Gasteiger partial charge in [0.2, 0.25) is 0 Å². The van der Waals surface area contributed by atoms with Gasteiger partial charge in [0.05, 0.1) is 12.2 Å². The SMILES string of the molecule is Nc1ccc2c(c1)N(CC1Cc3ccccc3O1)CCS2. The molecule has 2 aliphatic heterocycles. The second kappa shape index (κ2) is 5.19. The van der Waals surface area contributed by atoms with Crippen molar-refractivity contribution in [2.45, 2.75) is 17.4 Å². The number of nitrogens with two attached hydrogens (primary N) is 1. The Balaban J connectivity index is 1.54. The molecule has 2 aromatic rings. The highest BCUT2D eigenvalue weighted by atomic mass is 32.2. The Bertz CT molecular complexity index is 649. The van der Waals surface area contributed by atoms with Gasteiger partial charge in [-0.3, -0.25) is 0 Å². The van der Waals surface area contributed by atoms with E-state index in [1.54, 1.807) is 0 Å². The van der Waals surface area contributed by atoms with E-state index in [2.05, 4.69) is 35.2 Å². The summed E-state index contributed by atoms with van der Waals surface area (Å²) in [7, 11) is 0. The van der Waals surface area contributed by atoms with Gasteiger partial charge in [0.25, 0.3) is 0 Å². The van der Waals surface area contributed by atoms with Gasteiger partial charge in [0, 0.05) is 29.3 Å². The number of nitrogen functional groups attached to an aromatic ring is 1. The van der Waals surface area contributed by atoms with Crippen LogP contribution < -0.4 is 15.4 Å². The van der Waals surface area contributed by atoms with E-state index in [4.69, 9.17) is 10.5 Å². The Morgan fingerprint density at radius 2 is 2.14 bits per heavy atom. The third kappa shape index (κ3) is 2.44. The van der Waals surface area contributed by atoms with E-state index in [1.807, 2.05) is 23.9 Å². The summed E-state index contributed by atoms with van der Waals surface area (Å²) < 4.78 is 6.08. The Morgan fingerprint density at radius 1 is 1.24 bits per heavy atom. The summed E-state index contributed by atoms with van der Waals surface area (Å²) in [5, 5.41) is 0. The van der Waals surface area contributed by atoms with Crippen molar-refractivity contribution in [1.29, 1.82) is 0 Å². The zero-order chi connectivity index (χ0) is 14.2. The number of ether oxygens (including phenoxy) is 1. The predicted octanol–water partition coefficient (Wildman–Crippen LogP) is 3.18. The van der Waals surface area contributed by atoms with E-state index in [0.717, 1.165) is 36.7 Å². The number of rotatable bonds is 2. The summed E-state index contributed by atoms with van der Waals surface area (Å²) >= 11 is 1.91. The Kier molecular flexibility index (Phi) is 3.19. The fraction of sp³-hybridized carbons (Fsp3) is 0.294. The molecule has 2 aromatic carbocycles. The normalized spacial score (nSPS) is 19.8. The van der Waals surface area contributed by atoms with Crippen molar-refractivity contribution in [1.82, 2.24) is 0 Å². The molecule has 1 atom stereocenters. The van der Waals surface area contributed by atoms with Crippen molar-refractivity contribution in [3.05, 3.63) is 48.0 Å². The van der Waals surface area contributed by atoms with Crippen molar-refractivity contribution >= 4 is 23.1 Å². The highest BCUT2D eigenvalue weighted by molar-refractivity contribution is 7.99. The standard InChI is InChI=1S/C17H18N2OS/c18-13-5-6-17-15(10-13)19(7-8-21-17)11-14-9-12-3-1-2-4-16(12)20-14/h1-6,10,14H,7-9,11,18H2. The van der Waals surface area contributed by atoms with E-state index in [1.165, 1.54) is 16.1 Å². The van der Waals surface area contributed by atoms with Crippen LogP contribution in [0.15, 0.2) is 47.4 Å². The van der Waals surface area contributed by atoms with Crippen LogP contribution in [0, 0.1) is 0 Å². The zero-order valence-corrected chi connectivity index (χ0v) is 12.6. The zero-order valence-electron chi connectivity index (χ0n) is 11.8. The molecular formula is C17H18N2OS. The Morgan fingerprint density at radius 3 is 3.05 bits per heavy atom. The van der Waals surface area contributed by atoms with Crippen LogP contribution in [0.3, 0.4) is 0 Å². The maximum absolute atomic E-state index is 6.08. The van der Waals surface area contributed by atoms with Gasteiger partial charge in [-0.2, -0.15) is 0 Å². The highest BCUT2D eigenvalue weighted by Crippen LogP contribution is 2.37. The summed E-state index contributed by atoms with van der Waals surface area (Å²) in [5.74, 6) is 2.16. The number of anilines is 2. The fourth-order valence-corrected chi connectivity index (χ4v) is 4.11. The maximum Gasteiger partial charge on any atom is 0.123 e. The molecule has 0 amide bonds. The first kappa shape index (κ1) is 12.9. The molecule has 0 bridgehead atoms. The van der Waals surface area contributed by atoms with Crippen LogP contribution in [-0.2, 0) is 6.42 Å². The summed E-state index contributed by atoms with van der Waals surface area (Å²) in [6, 6.07) is 14.5. The summed E-state index contributed by atoms with van der Waals surface area (Å²) in [6.07, 6.45) is 1.23. The van der Waals surface area contributed by atoms with E-state index in [9.17, 15) is 0 Å². The van der Waals surface area contributed by atoms with Crippen molar-refractivity contribution in [2.75, 3.05) is 29.5 Å². The molecule has 0 spiro atoms. The monoisotopic (exact) mass is 298 g/mol. The van der Waals surface area contributed by atoms with Gasteiger partial charge in [-0.25, -0.2) is 0 Å². The summed E-state index contributed by atoms with van der Waals surface area (Å²) in [5.41, 5.74) is 9.36. The lowest BCUT2D eigenvalue weighted by Gasteiger charge is -2.32. The van der Waals surface area contributed by atoms with E-state index in [-0.39, 0.29) is 6.10 Å². The first-order valence-electron chi connectivity index (χ1n) is 7.31. The molecule has 0 fully saturated rings. The molecule has 0 saturated carbocycles. The van der Waals surface area contributed by atoms with Crippen LogP contribution in [0.5, 0.6) is 5.75 Å². The van der Waals surface area contributed by atoms with Gasteiger partial charge in [0.1, 0.15) is 11.9 Å². The average molecular weight is 298 g/mol. The lowest BCUT2D eigenvalue weighted by Crippen LogP contribution is -2.38. The number of nitrogens with zero attached hydrogens (tertiary/aromatic N) is 1. The van der Waals surface area contributed by atoms with Crippen LogP contribution in [0.2, 0.25) is 0 Å². The molecule has 4 rings (SSSR count). The van der Waals surface area contributed by atoms with Crippen LogP contribution >= 0.6 is 11.8 Å². The van der Waals surface area contributed by atoms with Gasteiger partial charge in [0.15, 0.2) is 0 Å². The van der Waals surface area contributed by atoms with Gasteiger partial charge < -0.3 is 15.4 Å². The highest BCUT2D eigenvalue weighted by Gasteiger charge is 2.27. The number of hydrogen-bond donors (Lipinski definition) is 1. The van der Waals surface area contributed by atoms with Crippen molar-refractivity contribution in [3.8, 4) is 5.75 Å². The fourth-order valence-electron chi connectivity index (χ4n) is 3.08. The molecule has 4 heteroatoms. The van der Waals surface area contributed by atoms with E-state index < -0.39 is 0 Å². The third-order valence-electron chi connectivity index (χ3n) is 4.08. The second-order valence-electron chi connectivity index (χ2n) is 5.57. The van der Waals surface area contributed by atoms with Crippen LogP contribution in [0.1, 0.15) is 5.56 Å². The molecule has 0 aromatic heterocycles. The second-order valence-corrected chi connectivity index (χ2v) is 6.71. The molecule has 0 radical (unpaired) electrons. The van der Waals surface area contributed by atoms with Crippen LogP contribution in [0.25, 0.3) is 0 Å². The maximum atomic E-state index is 6.08.